The number of hydrogen-bond donors (Lipinski definition) is 1. The van der Waals surface area contributed by atoms with Crippen LogP contribution in [0.5, 0.6) is 5.88 Å². The summed E-state index contributed by atoms with van der Waals surface area (Å²) in [5, 5.41) is -0.562. The zero-order chi connectivity index (χ0) is 17.4. The number of carbonyl (C=O) groups is 1. The Bertz CT molecular complexity index is 582. The lowest BCUT2D eigenvalue weighted by atomic mass is 10.1. The predicted molar refractivity (Wildman–Crippen MR) is 88.1 cm³/mol. The molecule has 5 nitrogen and oxygen atoms in total. The van der Waals surface area contributed by atoms with E-state index in [9.17, 15) is 9.18 Å². The molecule has 0 aliphatic carbocycles. The van der Waals surface area contributed by atoms with Crippen molar-refractivity contribution >= 4 is 34.9 Å². The minimum atomic E-state index is -1.03. The van der Waals surface area contributed by atoms with E-state index in [0.717, 1.165) is 25.7 Å². The molecule has 128 valence electrons. The number of nitrogens with zero attached hydrogens (tertiary/aromatic N) is 1. The van der Waals surface area contributed by atoms with E-state index in [2.05, 4.69) is 18.5 Å². The Morgan fingerprint density at radius 3 is 2.65 bits per heavy atom. The van der Waals surface area contributed by atoms with E-state index in [1.807, 2.05) is 0 Å². The highest BCUT2D eigenvalue weighted by Crippen LogP contribution is 2.35. The first-order chi connectivity index (χ1) is 10.9. The molecule has 0 atom stereocenters. The Morgan fingerprint density at radius 1 is 1.30 bits per heavy atom. The Balaban J connectivity index is 2.46. The molecule has 1 heterocycles. The van der Waals surface area contributed by atoms with Gasteiger partial charge in [-0.1, -0.05) is 56.0 Å². The molecule has 1 aromatic heterocycles. The third-order valence-corrected chi connectivity index (χ3v) is 3.66. The standard InChI is InChI=1S/C15H19Cl2FN2O3/c1-3-4-5-6-7-9(2)23-10(21)8-22-15-12(17)13(19)11(16)14(18)20-15/h2-8H2,1H3,(H2,19,20). The van der Waals surface area contributed by atoms with Crippen LogP contribution in [0.15, 0.2) is 12.3 Å². The van der Waals surface area contributed by atoms with E-state index < -0.39 is 23.5 Å². The van der Waals surface area contributed by atoms with Crippen molar-refractivity contribution in [3.8, 4) is 5.88 Å². The van der Waals surface area contributed by atoms with Crippen molar-refractivity contribution in [3.05, 3.63) is 28.3 Å². The summed E-state index contributed by atoms with van der Waals surface area (Å²) in [6, 6.07) is 0. The van der Waals surface area contributed by atoms with Crippen LogP contribution in [-0.4, -0.2) is 17.6 Å². The summed E-state index contributed by atoms with van der Waals surface area (Å²) in [5.74, 6) is -1.68. The van der Waals surface area contributed by atoms with Crippen molar-refractivity contribution in [1.29, 1.82) is 0 Å². The molecule has 0 bridgehead atoms. The zero-order valence-corrected chi connectivity index (χ0v) is 14.3. The minimum Gasteiger partial charge on any atom is -0.464 e. The molecule has 0 saturated heterocycles. The number of ether oxygens (including phenoxy) is 2. The number of carbonyl (C=O) groups excluding carboxylic acids is 1. The van der Waals surface area contributed by atoms with E-state index >= 15 is 0 Å². The maximum absolute atomic E-state index is 13.4. The van der Waals surface area contributed by atoms with Gasteiger partial charge in [0.2, 0.25) is 11.8 Å². The average Bonchev–Trinajstić information content (AvgIpc) is 2.51. The second-order valence-electron chi connectivity index (χ2n) is 4.86. The van der Waals surface area contributed by atoms with Crippen molar-refractivity contribution < 1.29 is 18.7 Å². The van der Waals surface area contributed by atoms with E-state index in [4.69, 9.17) is 38.4 Å². The summed E-state index contributed by atoms with van der Waals surface area (Å²) < 4.78 is 23.4. The van der Waals surface area contributed by atoms with Crippen LogP contribution in [0.1, 0.15) is 39.0 Å². The quantitative estimate of drug-likeness (QED) is 0.302. The zero-order valence-electron chi connectivity index (χ0n) is 12.8. The van der Waals surface area contributed by atoms with Crippen molar-refractivity contribution in [2.24, 2.45) is 0 Å². The smallest absolute Gasteiger partial charge is 0.349 e. The third kappa shape index (κ3) is 6.23. The highest BCUT2D eigenvalue weighted by atomic mass is 35.5. The molecule has 0 radical (unpaired) electrons. The van der Waals surface area contributed by atoms with Crippen LogP contribution >= 0.6 is 23.2 Å². The van der Waals surface area contributed by atoms with E-state index in [0.29, 0.717) is 12.2 Å². The number of allylic oxidation sites excluding steroid dienone is 1. The lowest BCUT2D eigenvalue weighted by Crippen LogP contribution is -2.15. The number of esters is 1. The Labute approximate surface area is 144 Å². The van der Waals surface area contributed by atoms with Crippen LogP contribution in [0.25, 0.3) is 0 Å². The molecule has 8 heteroatoms. The van der Waals surface area contributed by atoms with Crippen LogP contribution in [-0.2, 0) is 9.53 Å². The molecule has 23 heavy (non-hydrogen) atoms. The fourth-order valence-corrected chi connectivity index (χ4v) is 2.10. The van der Waals surface area contributed by atoms with Crippen LogP contribution in [0.4, 0.5) is 10.1 Å². The summed E-state index contributed by atoms with van der Waals surface area (Å²) in [7, 11) is 0. The SMILES string of the molecule is C=C(CCCCCC)OC(=O)COc1nc(F)c(Cl)c(N)c1Cl. The van der Waals surface area contributed by atoms with Gasteiger partial charge in [0.1, 0.15) is 15.8 Å². The molecule has 0 amide bonds. The van der Waals surface area contributed by atoms with Gasteiger partial charge in [-0.3, -0.25) is 0 Å². The van der Waals surface area contributed by atoms with Crippen molar-refractivity contribution in [2.75, 3.05) is 12.3 Å². The minimum absolute atomic E-state index is 0.164. The number of pyridine rings is 1. The van der Waals surface area contributed by atoms with E-state index in [1.165, 1.54) is 0 Å². The first-order valence-electron chi connectivity index (χ1n) is 7.18. The lowest BCUT2D eigenvalue weighted by Gasteiger charge is -2.10. The van der Waals surface area contributed by atoms with Crippen molar-refractivity contribution in [2.45, 2.75) is 39.0 Å². The molecule has 0 aliphatic rings. The summed E-state index contributed by atoms with van der Waals surface area (Å²) in [6.07, 6.45) is 4.78. The number of nitrogens with two attached hydrogens (primary N) is 1. The molecule has 0 aromatic carbocycles. The molecule has 0 unspecified atom stereocenters. The molecule has 1 aromatic rings. The van der Waals surface area contributed by atoms with Gasteiger partial charge in [0, 0.05) is 6.42 Å². The van der Waals surface area contributed by atoms with E-state index in [-0.39, 0.29) is 16.6 Å². The fourth-order valence-electron chi connectivity index (χ4n) is 1.72. The summed E-state index contributed by atoms with van der Waals surface area (Å²) in [5.41, 5.74) is 5.29. The first kappa shape index (κ1) is 19.5. The summed E-state index contributed by atoms with van der Waals surface area (Å²) >= 11 is 11.4. The largest absolute Gasteiger partial charge is 0.464 e. The fraction of sp³-hybridized carbons (Fsp3) is 0.467. The molecular formula is C15H19Cl2FN2O3. The number of anilines is 1. The topological polar surface area (TPSA) is 74.4 Å². The van der Waals surface area contributed by atoms with Gasteiger partial charge < -0.3 is 15.2 Å². The van der Waals surface area contributed by atoms with Gasteiger partial charge in [0.05, 0.1) is 5.69 Å². The monoisotopic (exact) mass is 364 g/mol. The number of halogens is 3. The number of hydrogen-bond acceptors (Lipinski definition) is 5. The van der Waals surface area contributed by atoms with Gasteiger partial charge in [-0.2, -0.15) is 9.37 Å². The second kappa shape index (κ2) is 9.57. The second-order valence-corrected chi connectivity index (χ2v) is 5.62. The lowest BCUT2D eigenvalue weighted by molar-refractivity contribution is -0.142. The molecular weight excluding hydrogens is 346 g/mol. The predicted octanol–water partition coefficient (Wildman–Crippen LogP) is 4.52. The molecule has 1 rings (SSSR count). The van der Waals surface area contributed by atoms with Gasteiger partial charge in [0.15, 0.2) is 6.61 Å². The Hall–Kier alpha value is -1.53. The van der Waals surface area contributed by atoms with Crippen LogP contribution in [0.2, 0.25) is 10.0 Å². The molecule has 0 aliphatic heterocycles. The third-order valence-electron chi connectivity index (χ3n) is 2.94. The highest BCUT2D eigenvalue weighted by Gasteiger charge is 2.17. The highest BCUT2D eigenvalue weighted by molar-refractivity contribution is 6.39. The molecule has 2 N–H and O–H groups in total. The van der Waals surface area contributed by atoms with Gasteiger partial charge in [0.25, 0.3) is 0 Å². The van der Waals surface area contributed by atoms with Gasteiger partial charge >= 0.3 is 5.97 Å². The number of aromatic nitrogens is 1. The van der Waals surface area contributed by atoms with Gasteiger partial charge in [-0.25, -0.2) is 4.79 Å². The maximum Gasteiger partial charge on any atom is 0.349 e. The normalized spacial score (nSPS) is 10.4. The molecule has 0 spiro atoms. The number of rotatable bonds is 9. The Morgan fingerprint density at radius 2 is 2.00 bits per heavy atom. The summed E-state index contributed by atoms with van der Waals surface area (Å²) in [6.45, 7) is 5.28. The summed E-state index contributed by atoms with van der Waals surface area (Å²) in [4.78, 5) is 15.0. The van der Waals surface area contributed by atoms with Crippen LogP contribution < -0.4 is 10.5 Å². The van der Waals surface area contributed by atoms with Crippen molar-refractivity contribution in [3.63, 3.8) is 0 Å². The maximum atomic E-state index is 13.4. The van der Waals surface area contributed by atoms with Gasteiger partial charge in [-0.15, -0.1) is 0 Å². The van der Waals surface area contributed by atoms with Gasteiger partial charge in [-0.05, 0) is 6.42 Å². The van der Waals surface area contributed by atoms with Crippen LogP contribution in [0.3, 0.4) is 0 Å². The average molecular weight is 365 g/mol. The molecule has 0 fully saturated rings. The molecule has 0 saturated carbocycles. The van der Waals surface area contributed by atoms with E-state index in [1.54, 1.807) is 0 Å². The van der Waals surface area contributed by atoms with Crippen LogP contribution in [0, 0.1) is 5.95 Å². The number of nitrogen functional groups attached to an aromatic ring is 1. The first-order valence-corrected chi connectivity index (χ1v) is 7.93. The van der Waals surface area contributed by atoms with Crippen molar-refractivity contribution in [1.82, 2.24) is 4.98 Å². The number of unbranched alkanes of at least 4 members (excludes halogenated alkanes) is 3. The Kier molecular flexibility index (Phi) is 8.12.